The number of rotatable bonds is 6. The first kappa shape index (κ1) is 15.2. The molecule has 0 spiro atoms. The molecule has 0 radical (unpaired) electrons. The number of carbonyl (C=O) groups is 1. The monoisotopic (exact) mass is 300 g/mol. The Kier molecular flexibility index (Phi) is 5.74. The molecule has 112 valence electrons. The number of nitrogens with zero attached hydrogens (tertiary/aromatic N) is 6. The summed E-state index contributed by atoms with van der Waals surface area (Å²) in [5.74, 6) is 0.559. The Labute approximate surface area is 122 Å². The Morgan fingerprint density at radius 2 is 2.10 bits per heavy atom. The summed E-state index contributed by atoms with van der Waals surface area (Å²) in [5.41, 5.74) is 0. The van der Waals surface area contributed by atoms with Crippen LogP contribution in [0.1, 0.15) is 0 Å². The molecule has 1 fully saturated rings. The summed E-state index contributed by atoms with van der Waals surface area (Å²) in [5, 5.41) is 12.0. The molecule has 1 aromatic rings. The lowest BCUT2D eigenvalue weighted by atomic mass is 10.3. The molecular formula is C11H20N6O2S. The smallest absolute Gasteiger partial charge is 0.327 e. The van der Waals surface area contributed by atoms with Gasteiger partial charge in [-0.15, -0.1) is 5.10 Å². The van der Waals surface area contributed by atoms with E-state index >= 15 is 0 Å². The maximum atomic E-state index is 11.2. The topological polar surface area (TPSA) is 76.4 Å². The molecule has 0 unspecified atom stereocenters. The number of aromatic nitrogens is 4. The number of hydrogen-bond donors (Lipinski definition) is 0. The van der Waals surface area contributed by atoms with Gasteiger partial charge in [-0.3, -0.25) is 9.69 Å². The van der Waals surface area contributed by atoms with Gasteiger partial charge in [0.2, 0.25) is 5.16 Å². The van der Waals surface area contributed by atoms with Crippen molar-refractivity contribution in [2.24, 2.45) is 0 Å². The van der Waals surface area contributed by atoms with Crippen molar-refractivity contribution in [2.75, 3.05) is 52.6 Å². The van der Waals surface area contributed by atoms with Crippen LogP contribution >= 0.6 is 11.8 Å². The van der Waals surface area contributed by atoms with Crippen molar-refractivity contribution in [1.82, 2.24) is 30.0 Å². The molecule has 1 aliphatic rings. The van der Waals surface area contributed by atoms with E-state index in [4.69, 9.17) is 0 Å². The van der Waals surface area contributed by atoms with Crippen molar-refractivity contribution in [2.45, 2.75) is 11.7 Å². The van der Waals surface area contributed by atoms with E-state index in [0.29, 0.717) is 5.16 Å². The fourth-order valence-corrected chi connectivity index (χ4v) is 2.80. The predicted octanol–water partition coefficient (Wildman–Crippen LogP) is -0.814. The second-order valence-corrected chi connectivity index (χ2v) is 5.75. The summed E-state index contributed by atoms with van der Waals surface area (Å²) in [4.78, 5) is 16.0. The van der Waals surface area contributed by atoms with Gasteiger partial charge in [-0.05, 0) is 17.5 Å². The first-order chi connectivity index (χ1) is 9.69. The summed E-state index contributed by atoms with van der Waals surface area (Å²) in [7, 11) is 3.50. The molecule has 0 atom stereocenters. The molecule has 2 heterocycles. The molecule has 0 bridgehead atoms. The minimum atomic E-state index is -0.349. The van der Waals surface area contributed by atoms with E-state index in [0.717, 1.165) is 38.5 Å². The third-order valence-electron chi connectivity index (χ3n) is 3.24. The lowest BCUT2D eigenvalue weighted by molar-refractivity contribution is -0.141. The minimum absolute atomic E-state index is 0.0559. The maximum absolute atomic E-state index is 11.2. The number of carbonyl (C=O) groups excluding carboxylic acids is 1. The first-order valence-electron chi connectivity index (χ1n) is 6.55. The lowest BCUT2D eigenvalue weighted by Crippen LogP contribution is -2.45. The highest BCUT2D eigenvalue weighted by atomic mass is 32.2. The molecule has 1 aromatic heterocycles. The molecule has 0 aliphatic carbocycles. The SMILES string of the molecule is COC(=O)Cn1nnnc1SCCN1CCN(C)CC1. The summed E-state index contributed by atoms with van der Waals surface area (Å²) in [6.07, 6.45) is 0. The number of esters is 1. The third kappa shape index (κ3) is 4.43. The molecule has 8 nitrogen and oxygen atoms in total. The zero-order valence-corrected chi connectivity index (χ0v) is 12.7. The third-order valence-corrected chi connectivity index (χ3v) is 4.18. The van der Waals surface area contributed by atoms with Crippen molar-refractivity contribution >= 4 is 17.7 Å². The van der Waals surface area contributed by atoms with Gasteiger partial charge in [0.25, 0.3) is 0 Å². The van der Waals surface area contributed by atoms with Crippen LogP contribution in [0.3, 0.4) is 0 Å². The number of hydrogen-bond acceptors (Lipinski definition) is 8. The molecule has 9 heteroatoms. The standard InChI is InChI=1S/C11H20N6O2S/c1-15-3-5-16(6-4-15)7-8-20-11-12-13-14-17(11)9-10(18)19-2/h3-9H2,1-2H3. The maximum Gasteiger partial charge on any atom is 0.327 e. The van der Waals surface area contributed by atoms with Crippen LogP contribution < -0.4 is 0 Å². The van der Waals surface area contributed by atoms with E-state index in [1.54, 1.807) is 11.8 Å². The number of piperazine rings is 1. The zero-order chi connectivity index (χ0) is 14.4. The molecule has 1 aliphatic heterocycles. The Balaban J connectivity index is 1.74. The highest BCUT2D eigenvalue weighted by Gasteiger charge is 2.15. The van der Waals surface area contributed by atoms with Crippen LogP contribution in [0.25, 0.3) is 0 Å². The molecule has 0 aromatic carbocycles. The van der Waals surface area contributed by atoms with Crippen LogP contribution in [0.2, 0.25) is 0 Å². The van der Waals surface area contributed by atoms with Gasteiger partial charge in [-0.2, -0.15) is 0 Å². The predicted molar refractivity (Wildman–Crippen MR) is 74.5 cm³/mol. The zero-order valence-electron chi connectivity index (χ0n) is 11.9. The van der Waals surface area contributed by atoms with E-state index < -0.39 is 0 Å². The highest BCUT2D eigenvalue weighted by Crippen LogP contribution is 2.14. The summed E-state index contributed by atoms with van der Waals surface area (Å²) < 4.78 is 6.08. The summed E-state index contributed by atoms with van der Waals surface area (Å²) in [6, 6.07) is 0. The van der Waals surface area contributed by atoms with Crippen LogP contribution in [0.4, 0.5) is 0 Å². The Hall–Kier alpha value is -1.19. The average Bonchev–Trinajstić information content (AvgIpc) is 2.88. The summed E-state index contributed by atoms with van der Waals surface area (Å²) >= 11 is 1.56. The van der Waals surface area contributed by atoms with Gasteiger partial charge in [-0.25, -0.2) is 4.68 Å². The Bertz CT molecular complexity index is 432. The Morgan fingerprint density at radius 1 is 1.35 bits per heavy atom. The number of likely N-dealkylation sites (N-methyl/N-ethyl adjacent to an activating group) is 1. The molecule has 1 saturated heterocycles. The summed E-state index contributed by atoms with van der Waals surface area (Å²) in [6.45, 7) is 5.49. The molecule has 0 amide bonds. The van der Waals surface area contributed by atoms with Gasteiger partial charge < -0.3 is 9.64 Å². The average molecular weight is 300 g/mol. The van der Waals surface area contributed by atoms with Gasteiger partial charge >= 0.3 is 5.97 Å². The van der Waals surface area contributed by atoms with Crippen LogP contribution in [0.15, 0.2) is 5.16 Å². The minimum Gasteiger partial charge on any atom is -0.468 e. The fourth-order valence-electron chi connectivity index (χ4n) is 1.92. The normalized spacial score (nSPS) is 17.3. The molecule has 20 heavy (non-hydrogen) atoms. The van der Waals surface area contributed by atoms with E-state index in [-0.39, 0.29) is 12.5 Å². The van der Waals surface area contributed by atoms with Crippen LogP contribution in [-0.2, 0) is 16.1 Å². The van der Waals surface area contributed by atoms with Gasteiger partial charge in [0.05, 0.1) is 7.11 Å². The van der Waals surface area contributed by atoms with Gasteiger partial charge in [0.1, 0.15) is 6.54 Å². The van der Waals surface area contributed by atoms with E-state index in [1.165, 1.54) is 11.8 Å². The number of ether oxygens (including phenoxy) is 1. The van der Waals surface area contributed by atoms with Crippen molar-refractivity contribution < 1.29 is 9.53 Å². The quantitative estimate of drug-likeness (QED) is 0.498. The molecular weight excluding hydrogens is 280 g/mol. The second-order valence-electron chi connectivity index (χ2n) is 4.69. The van der Waals surface area contributed by atoms with E-state index in [2.05, 4.69) is 37.1 Å². The number of thioether (sulfide) groups is 1. The van der Waals surface area contributed by atoms with Crippen molar-refractivity contribution in [3.63, 3.8) is 0 Å². The number of tetrazole rings is 1. The van der Waals surface area contributed by atoms with Gasteiger partial charge in [0, 0.05) is 38.5 Å². The van der Waals surface area contributed by atoms with Gasteiger partial charge in [-0.1, -0.05) is 11.8 Å². The Morgan fingerprint density at radius 3 is 2.80 bits per heavy atom. The fraction of sp³-hybridized carbons (Fsp3) is 0.818. The van der Waals surface area contributed by atoms with Gasteiger partial charge in [0.15, 0.2) is 0 Å². The van der Waals surface area contributed by atoms with Crippen molar-refractivity contribution in [3.05, 3.63) is 0 Å². The highest BCUT2D eigenvalue weighted by molar-refractivity contribution is 7.99. The molecule has 0 saturated carbocycles. The first-order valence-corrected chi connectivity index (χ1v) is 7.54. The van der Waals surface area contributed by atoms with E-state index in [1.807, 2.05) is 0 Å². The van der Waals surface area contributed by atoms with Crippen molar-refractivity contribution in [3.8, 4) is 0 Å². The largest absolute Gasteiger partial charge is 0.468 e. The second kappa shape index (κ2) is 7.55. The number of methoxy groups -OCH3 is 1. The van der Waals surface area contributed by atoms with Crippen molar-refractivity contribution in [1.29, 1.82) is 0 Å². The molecule has 2 rings (SSSR count). The van der Waals surface area contributed by atoms with Crippen LogP contribution in [0.5, 0.6) is 0 Å². The van der Waals surface area contributed by atoms with E-state index in [9.17, 15) is 4.79 Å². The van der Waals surface area contributed by atoms with Crippen LogP contribution in [-0.4, -0.2) is 88.6 Å². The lowest BCUT2D eigenvalue weighted by Gasteiger charge is -2.32. The molecule has 0 N–H and O–H groups in total. The van der Waals surface area contributed by atoms with Crippen LogP contribution in [0, 0.1) is 0 Å².